The molecular weight excluding hydrogens is 311 g/mol. The Morgan fingerprint density at radius 1 is 1.30 bits per heavy atom. The van der Waals surface area contributed by atoms with E-state index in [1.165, 1.54) is 28.9 Å². The second-order valence-electron chi connectivity index (χ2n) is 4.99. The fourth-order valence-electron chi connectivity index (χ4n) is 2.09. The Kier molecular flexibility index (Phi) is 4.92. The zero-order chi connectivity index (χ0) is 17.0. The predicted molar refractivity (Wildman–Crippen MR) is 77.1 cm³/mol. The number of aromatic nitrogens is 2. The van der Waals surface area contributed by atoms with Gasteiger partial charge in [0.1, 0.15) is 11.4 Å². The van der Waals surface area contributed by atoms with Gasteiger partial charge < -0.3 is 10.1 Å². The molecule has 0 atom stereocenters. The van der Waals surface area contributed by atoms with Crippen LogP contribution in [0.3, 0.4) is 0 Å². The summed E-state index contributed by atoms with van der Waals surface area (Å²) in [4.78, 5) is 12.0. The van der Waals surface area contributed by atoms with Crippen LogP contribution in [0.4, 0.5) is 13.2 Å². The third-order valence-electron chi connectivity index (χ3n) is 3.09. The van der Waals surface area contributed by atoms with Gasteiger partial charge >= 0.3 is 6.36 Å². The Bertz CT molecular complexity index is 678. The molecule has 0 radical (unpaired) electrons. The number of hydrogen-bond donors (Lipinski definition) is 1. The van der Waals surface area contributed by atoms with E-state index in [0.717, 1.165) is 11.3 Å². The van der Waals surface area contributed by atoms with Crippen LogP contribution in [0.2, 0.25) is 0 Å². The average molecular weight is 327 g/mol. The number of carbonyl (C=O) groups is 1. The van der Waals surface area contributed by atoms with Crippen LogP contribution in [-0.2, 0) is 13.5 Å². The molecule has 1 aromatic carbocycles. The van der Waals surface area contributed by atoms with Crippen molar-refractivity contribution in [2.45, 2.75) is 19.7 Å². The summed E-state index contributed by atoms with van der Waals surface area (Å²) in [6.07, 6.45) is -4.20. The number of halogens is 3. The first-order valence-electron chi connectivity index (χ1n) is 6.88. The molecule has 0 saturated heterocycles. The molecule has 124 valence electrons. The maximum Gasteiger partial charge on any atom is 0.573 e. The SMILES string of the molecule is Cc1cc(C(=O)NCCc2ccc(OC(F)(F)F)cc2)n(C)n1. The van der Waals surface area contributed by atoms with Crippen LogP contribution < -0.4 is 10.1 Å². The molecule has 1 N–H and O–H groups in total. The molecule has 0 spiro atoms. The minimum atomic E-state index is -4.70. The second kappa shape index (κ2) is 6.72. The van der Waals surface area contributed by atoms with Gasteiger partial charge in [0.05, 0.1) is 5.69 Å². The van der Waals surface area contributed by atoms with Gasteiger partial charge in [-0.2, -0.15) is 5.10 Å². The largest absolute Gasteiger partial charge is 0.573 e. The smallest absolute Gasteiger partial charge is 0.406 e. The summed E-state index contributed by atoms with van der Waals surface area (Å²) >= 11 is 0. The first kappa shape index (κ1) is 16.9. The van der Waals surface area contributed by atoms with Crippen LogP contribution in [0.5, 0.6) is 5.75 Å². The first-order valence-corrected chi connectivity index (χ1v) is 6.88. The number of nitrogens with zero attached hydrogens (tertiary/aromatic N) is 2. The van der Waals surface area contributed by atoms with Gasteiger partial charge in [-0.3, -0.25) is 9.48 Å². The summed E-state index contributed by atoms with van der Waals surface area (Å²) in [5.74, 6) is -0.513. The van der Waals surface area contributed by atoms with E-state index in [4.69, 9.17) is 0 Å². The maximum atomic E-state index is 12.1. The predicted octanol–water partition coefficient (Wildman–Crippen LogP) is 2.60. The highest BCUT2D eigenvalue weighted by Gasteiger charge is 2.30. The summed E-state index contributed by atoms with van der Waals surface area (Å²) in [5.41, 5.74) is 2.00. The molecule has 5 nitrogen and oxygen atoms in total. The van der Waals surface area contributed by atoms with Crippen LogP contribution >= 0.6 is 0 Å². The standard InChI is InChI=1S/C15H16F3N3O2/c1-10-9-13(21(2)20-10)14(22)19-8-7-11-3-5-12(6-4-11)23-15(16,17)18/h3-6,9H,7-8H2,1-2H3,(H,19,22). The Hall–Kier alpha value is -2.51. The van der Waals surface area contributed by atoms with E-state index >= 15 is 0 Å². The van der Waals surface area contributed by atoms with Gasteiger partial charge in [0, 0.05) is 13.6 Å². The molecule has 1 heterocycles. The molecule has 8 heteroatoms. The lowest BCUT2D eigenvalue weighted by atomic mass is 10.1. The van der Waals surface area contributed by atoms with E-state index in [2.05, 4.69) is 15.2 Å². The number of nitrogens with one attached hydrogen (secondary N) is 1. The molecule has 0 aliphatic carbocycles. The van der Waals surface area contributed by atoms with E-state index in [1.54, 1.807) is 20.0 Å². The lowest BCUT2D eigenvalue weighted by Gasteiger charge is -2.09. The van der Waals surface area contributed by atoms with Crippen molar-refractivity contribution in [3.8, 4) is 5.75 Å². The summed E-state index contributed by atoms with van der Waals surface area (Å²) in [7, 11) is 1.68. The van der Waals surface area contributed by atoms with Gasteiger partial charge in [0.2, 0.25) is 0 Å². The Labute approximate surface area is 131 Å². The summed E-state index contributed by atoms with van der Waals surface area (Å²) < 4.78 is 41.4. The molecule has 1 aromatic heterocycles. The van der Waals surface area contributed by atoms with Crippen molar-refractivity contribution in [2.75, 3.05) is 6.54 Å². The van der Waals surface area contributed by atoms with Crippen molar-refractivity contribution < 1.29 is 22.7 Å². The number of rotatable bonds is 5. The van der Waals surface area contributed by atoms with Crippen molar-refractivity contribution in [1.29, 1.82) is 0 Å². The van der Waals surface area contributed by atoms with Crippen LogP contribution in [0, 0.1) is 6.92 Å². The number of aryl methyl sites for hydroxylation is 2. The van der Waals surface area contributed by atoms with Gasteiger partial charge in [-0.1, -0.05) is 12.1 Å². The molecule has 0 aliphatic heterocycles. The molecule has 0 saturated carbocycles. The monoisotopic (exact) mass is 327 g/mol. The zero-order valence-corrected chi connectivity index (χ0v) is 12.6. The van der Waals surface area contributed by atoms with E-state index in [0.29, 0.717) is 18.7 Å². The fraction of sp³-hybridized carbons (Fsp3) is 0.333. The van der Waals surface area contributed by atoms with Gasteiger partial charge in [0.25, 0.3) is 5.91 Å². The molecule has 23 heavy (non-hydrogen) atoms. The van der Waals surface area contributed by atoms with Crippen molar-refractivity contribution in [2.24, 2.45) is 7.05 Å². The minimum absolute atomic E-state index is 0.245. The Morgan fingerprint density at radius 3 is 2.48 bits per heavy atom. The molecule has 0 bridgehead atoms. The molecule has 2 aromatic rings. The van der Waals surface area contributed by atoms with Crippen molar-refractivity contribution in [3.63, 3.8) is 0 Å². The van der Waals surface area contributed by atoms with E-state index in [9.17, 15) is 18.0 Å². The molecule has 2 rings (SSSR count). The summed E-state index contributed by atoms with van der Waals surface area (Å²) in [5, 5.41) is 6.83. The number of alkyl halides is 3. The Balaban J connectivity index is 1.84. The van der Waals surface area contributed by atoms with Crippen LogP contribution in [0.15, 0.2) is 30.3 Å². The van der Waals surface area contributed by atoms with Gasteiger partial charge in [0.15, 0.2) is 0 Å². The Morgan fingerprint density at radius 2 is 1.96 bits per heavy atom. The van der Waals surface area contributed by atoms with Crippen molar-refractivity contribution in [3.05, 3.63) is 47.3 Å². The van der Waals surface area contributed by atoms with Gasteiger partial charge in [-0.25, -0.2) is 0 Å². The third kappa shape index (κ3) is 5.01. The maximum absolute atomic E-state index is 12.1. The minimum Gasteiger partial charge on any atom is -0.406 e. The summed E-state index contributed by atoms with van der Waals surface area (Å²) in [6, 6.07) is 7.23. The van der Waals surface area contributed by atoms with Crippen LogP contribution in [0.25, 0.3) is 0 Å². The first-order chi connectivity index (χ1) is 10.7. The lowest BCUT2D eigenvalue weighted by molar-refractivity contribution is -0.274. The van der Waals surface area contributed by atoms with E-state index in [-0.39, 0.29) is 11.7 Å². The molecular formula is C15H16F3N3O2. The van der Waals surface area contributed by atoms with Crippen molar-refractivity contribution >= 4 is 5.91 Å². The fourth-order valence-corrected chi connectivity index (χ4v) is 2.09. The molecule has 0 fully saturated rings. The highest BCUT2D eigenvalue weighted by Crippen LogP contribution is 2.22. The second-order valence-corrected chi connectivity index (χ2v) is 4.99. The average Bonchev–Trinajstić information content (AvgIpc) is 2.78. The van der Waals surface area contributed by atoms with Gasteiger partial charge in [-0.05, 0) is 37.1 Å². The highest BCUT2D eigenvalue weighted by atomic mass is 19.4. The normalized spacial score (nSPS) is 11.3. The highest BCUT2D eigenvalue weighted by molar-refractivity contribution is 5.92. The number of benzene rings is 1. The van der Waals surface area contributed by atoms with E-state index in [1.807, 2.05) is 0 Å². The molecule has 0 unspecified atom stereocenters. The zero-order valence-electron chi connectivity index (χ0n) is 12.6. The number of amides is 1. The summed E-state index contributed by atoms with van der Waals surface area (Å²) in [6.45, 7) is 2.16. The molecule has 1 amide bonds. The van der Waals surface area contributed by atoms with Gasteiger partial charge in [-0.15, -0.1) is 13.2 Å². The van der Waals surface area contributed by atoms with Crippen LogP contribution in [0.1, 0.15) is 21.7 Å². The molecule has 0 aliphatic rings. The van der Waals surface area contributed by atoms with Crippen molar-refractivity contribution in [1.82, 2.24) is 15.1 Å². The topological polar surface area (TPSA) is 56.1 Å². The van der Waals surface area contributed by atoms with E-state index < -0.39 is 6.36 Å². The number of hydrogen-bond acceptors (Lipinski definition) is 3. The third-order valence-corrected chi connectivity index (χ3v) is 3.09. The lowest BCUT2D eigenvalue weighted by Crippen LogP contribution is -2.27. The van der Waals surface area contributed by atoms with Crippen LogP contribution in [-0.4, -0.2) is 28.6 Å². The number of ether oxygens (including phenoxy) is 1. The quantitative estimate of drug-likeness (QED) is 0.918. The number of carbonyl (C=O) groups excluding carboxylic acids is 1.